The summed E-state index contributed by atoms with van der Waals surface area (Å²) in [7, 11) is 0. The van der Waals surface area contributed by atoms with E-state index in [0.717, 1.165) is 11.1 Å². The molecular weight excluding hydrogens is 330 g/mol. The second-order valence-corrected chi connectivity index (χ2v) is 6.96. The van der Waals surface area contributed by atoms with Gasteiger partial charge < -0.3 is 9.73 Å². The second kappa shape index (κ2) is 5.46. The molecule has 120 valence electrons. The van der Waals surface area contributed by atoms with Crippen molar-refractivity contribution in [2.45, 2.75) is 0 Å². The lowest BCUT2D eigenvalue weighted by molar-refractivity contribution is 0.622. The van der Waals surface area contributed by atoms with Crippen LogP contribution in [0.5, 0.6) is 0 Å². The summed E-state index contributed by atoms with van der Waals surface area (Å²) in [5, 5.41) is 6.24. The first-order valence-electron chi connectivity index (χ1n) is 8.00. The molecule has 3 nitrogen and oxygen atoms in total. The van der Waals surface area contributed by atoms with Crippen LogP contribution in [0.1, 0.15) is 0 Å². The second-order valence-electron chi connectivity index (χ2n) is 5.87. The Balaban J connectivity index is 1.71. The molecule has 0 aliphatic rings. The fraction of sp³-hybridized carbons (Fsp3) is 0. The van der Waals surface area contributed by atoms with Crippen LogP contribution in [0.15, 0.2) is 82.0 Å². The molecule has 3 aromatic carbocycles. The minimum absolute atomic E-state index is 0.0494. The maximum Gasteiger partial charge on any atom is 0.201 e. The van der Waals surface area contributed by atoms with Crippen LogP contribution in [-0.2, 0) is 0 Å². The van der Waals surface area contributed by atoms with Gasteiger partial charge in [0.25, 0.3) is 0 Å². The van der Waals surface area contributed by atoms with Crippen molar-refractivity contribution in [1.29, 1.82) is 0 Å². The Kier molecular flexibility index (Phi) is 3.11. The van der Waals surface area contributed by atoms with E-state index in [1.54, 1.807) is 17.4 Å². The predicted molar refractivity (Wildman–Crippen MR) is 105 cm³/mol. The highest BCUT2D eigenvalue weighted by atomic mass is 32.1. The molecule has 2 heterocycles. The van der Waals surface area contributed by atoms with E-state index < -0.39 is 0 Å². The van der Waals surface area contributed by atoms with Crippen LogP contribution in [0.4, 0.5) is 11.6 Å². The zero-order chi connectivity index (χ0) is 16.8. The van der Waals surface area contributed by atoms with Gasteiger partial charge in [-0.05, 0) is 30.3 Å². The highest BCUT2D eigenvalue weighted by Crippen LogP contribution is 2.39. The van der Waals surface area contributed by atoms with E-state index in [1.165, 1.54) is 20.9 Å². The Hall–Kier alpha value is -3.11. The van der Waals surface area contributed by atoms with Gasteiger partial charge in [0.15, 0.2) is 5.43 Å². The minimum Gasteiger partial charge on any atom is -0.440 e. The third-order valence-corrected chi connectivity index (χ3v) is 5.43. The molecule has 0 bridgehead atoms. The third kappa shape index (κ3) is 2.30. The van der Waals surface area contributed by atoms with Crippen molar-refractivity contribution in [3.63, 3.8) is 0 Å². The molecule has 2 aromatic heterocycles. The van der Waals surface area contributed by atoms with Gasteiger partial charge in [-0.3, -0.25) is 4.79 Å². The van der Waals surface area contributed by atoms with Gasteiger partial charge in [-0.1, -0.05) is 36.4 Å². The summed E-state index contributed by atoms with van der Waals surface area (Å²) in [5.74, 6) is 0.450. The van der Waals surface area contributed by atoms with Crippen LogP contribution in [0.3, 0.4) is 0 Å². The molecule has 5 rings (SSSR count). The highest BCUT2D eigenvalue weighted by molar-refractivity contribution is 7.25. The number of hydrogen-bond donors (Lipinski definition) is 1. The van der Waals surface area contributed by atoms with Gasteiger partial charge in [0, 0.05) is 26.2 Å². The maximum atomic E-state index is 12.3. The van der Waals surface area contributed by atoms with E-state index in [0.29, 0.717) is 16.9 Å². The third-order valence-electron chi connectivity index (χ3n) is 4.30. The van der Waals surface area contributed by atoms with Crippen molar-refractivity contribution in [2.24, 2.45) is 0 Å². The fourth-order valence-corrected chi connectivity index (χ4v) is 4.31. The van der Waals surface area contributed by atoms with Gasteiger partial charge in [0.2, 0.25) is 5.88 Å². The molecule has 5 aromatic rings. The number of nitrogens with one attached hydrogen (secondary N) is 1. The van der Waals surface area contributed by atoms with Crippen molar-refractivity contribution in [3.05, 3.63) is 83.0 Å². The van der Waals surface area contributed by atoms with Crippen molar-refractivity contribution in [1.82, 2.24) is 0 Å². The summed E-state index contributed by atoms with van der Waals surface area (Å²) in [4.78, 5) is 12.3. The average molecular weight is 343 g/mol. The molecule has 0 unspecified atom stereocenters. The molecule has 0 atom stereocenters. The van der Waals surface area contributed by atoms with Crippen molar-refractivity contribution >= 4 is 54.0 Å². The lowest BCUT2D eigenvalue weighted by Crippen LogP contribution is -2.02. The number of anilines is 2. The summed E-state index contributed by atoms with van der Waals surface area (Å²) in [6.45, 7) is 0. The summed E-state index contributed by atoms with van der Waals surface area (Å²) in [6, 6.07) is 23.3. The summed E-state index contributed by atoms with van der Waals surface area (Å²) < 4.78 is 8.32. The number of fused-ring (bicyclic) bond motifs is 4. The lowest BCUT2D eigenvalue weighted by atomic mass is 10.1. The van der Waals surface area contributed by atoms with Crippen LogP contribution in [0, 0.1) is 0 Å². The Bertz CT molecular complexity index is 1300. The first kappa shape index (κ1) is 14.3. The number of benzene rings is 3. The van der Waals surface area contributed by atoms with Crippen LogP contribution < -0.4 is 10.7 Å². The van der Waals surface area contributed by atoms with Crippen LogP contribution in [0.2, 0.25) is 0 Å². The number of hydrogen-bond acceptors (Lipinski definition) is 4. The molecule has 25 heavy (non-hydrogen) atoms. The quantitative estimate of drug-likeness (QED) is 0.433. The minimum atomic E-state index is -0.0494. The Morgan fingerprint density at radius 3 is 2.48 bits per heavy atom. The molecule has 0 saturated heterocycles. The van der Waals surface area contributed by atoms with Crippen molar-refractivity contribution in [3.8, 4) is 0 Å². The summed E-state index contributed by atoms with van der Waals surface area (Å²) in [5.41, 5.74) is 1.47. The standard InChI is InChI=1S/C21H13NO2S/c23-16-12-20(24-17-9-3-1-6-13(16)17)22-15-8-5-11-19-21(15)14-7-2-4-10-18(14)25-19/h1-12,22H. The zero-order valence-corrected chi connectivity index (χ0v) is 14.0. The molecule has 1 N–H and O–H groups in total. The smallest absolute Gasteiger partial charge is 0.201 e. The largest absolute Gasteiger partial charge is 0.440 e. The van der Waals surface area contributed by atoms with Crippen molar-refractivity contribution in [2.75, 3.05) is 5.32 Å². The topological polar surface area (TPSA) is 42.2 Å². The average Bonchev–Trinajstić information content (AvgIpc) is 3.01. The first-order valence-corrected chi connectivity index (χ1v) is 8.81. The fourth-order valence-electron chi connectivity index (χ4n) is 3.18. The molecule has 0 spiro atoms. The number of rotatable bonds is 2. The molecule has 0 fully saturated rings. The number of para-hydroxylation sites is 1. The van der Waals surface area contributed by atoms with E-state index >= 15 is 0 Å². The van der Waals surface area contributed by atoms with Gasteiger partial charge in [0.1, 0.15) is 5.58 Å². The molecule has 0 saturated carbocycles. The molecule has 0 aliphatic heterocycles. The van der Waals surface area contributed by atoms with Crippen LogP contribution in [0.25, 0.3) is 31.1 Å². The first-order chi connectivity index (χ1) is 12.3. The van der Waals surface area contributed by atoms with Gasteiger partial charge in [-0.25, -0.2) is 0 Å². The SMILES string of the molecule is O=c1cc(Nc2cccc3sc4ccccc4c23)oc2ccccc12. The van der Waals surface area contributed by atoms with Crippen molar-refractivity contribution < 1.29 is 4.42 Å². The Labute approximate surface area is 147 Å². The number of thiophene rings is 1. The van der Waals surface area contributed by atoms with Crippen LogP contribution in [-0.4, -0.2) is 0 Å². The van der Waals surface area contributed by atoms with Gasteiger partial charge >= 0.3 is 0 Å². The summed E-state index contributed by atoms with van der Waals surface area (Å²) in [6.07, 6.45) is 0. The van der Waals surface area contributed by atoms with Gasteiger partial charge in [-0.2, -0.15) is 0 Å². The van der Waals surface area contributed by atoms with Crippen LogP contribution >= 0.6 is 11.3 Å². The van der Waals surface area contributed by atoms with E-state index in [1.807, 2.05) is 42.5 Å². The Morgan fingerprint density at radius 2 is 1.56 bits per heavy atom. The zero-order valence-electron chi connectivity index (χ0n) is 13.2. The van der Waals surface area contributed by atoms with E-state index in [9.17, 15) is 4.79 Å². The lowest BCUT2D eigenvalue weighted by Gasteiger charge is -2.08. The molecule has 0 radical (unpaired) electrons. The van der Waals surface area contributed by atoms with E-state index in [-0.39, 0.29) is 5.43 Å². The molecular formula is C21H13NO2S. The van der Waals surface area contributed by atoms with Gasteiger partial charge in [-0.15, -0.1) is 11.3 Å². The maximum absolute atomic E-state index is 12.3. The molecule has 4 heteroatoms. The monoisotopic (exact) mass is 343 g/mol. The molecule has 0 amide bonds. The van der Waals surface area contributed by atoms with E-state index in [2.05, 4.69) is 23.5 Å². The predicted octanol–water partition coefficient (Wildman–Crippen LogP) is 5.90. The normalized spacial score (nSPS) is 11.4. The molecule has 0 aliphatic carbocycles. The Morgan fingerprint density at radius 1 is 0.800 bits per heavy atom. The van der Waals surface area contributed by atoms with Gasteiger partial charge in [0.05, 0.1) is 11.1 Å². The summed E-state index contributed by atoms with van der Waals surface area (Å²) >= 11 is 1.76. The highest BCUT2D eigenvalue weighted by Gasteiger charge is 2.11. The van der Waals surface area contributed by atoms with E-state index in [4.69, 9.17) is 4.42 Å².